The van der Waals surface area contributed by atoms with E-state index >= 15 is 0 Å². The summed E-state index contributed by atoms with van der Waals surface area (Å²) in [6, 6.07) is 1.77. The summed E-state index contributed by atoms with van der Waals surface area (Å²) in [6.45, 7) is 0.817. The molecule has 0 atom stereocenters. The Balaban J connectivity index is 2.27. The number of halogens is 1. The van der Waals surface area contributed by atoms with E-state index in [0.717, 1.165) is 12.8 Å². The summed E-state index contributed by atoms with van der Waals surface area (Å²) in [7, 11) is -1.85. The van der Waals surface area contributed by atoms with Crippen molar-refractivity contribution in [2.75, 3.05) is 20.3 Å². The quantitative estimate of drug-likeness (QED) is 0.726. The normalized spacial score (nSPS) is 16.4. The summed E-state index contributed by atoms with van der Waals surface area (Å²) in [4.78, 5) is 1.06. The van der Waals surface area contributed by atoms with Gasteiger partial charge in [0.15, 0.2) is 0 Å². The van der Waals surface area contributed by atoms with Gasteiger partial charge in [-0.15, -0.1) is 22.9 Å². The van der Waals surface area contributed by atoms with E-state index in [4.69, 9.17) is 16.3 Å². The van der Waals surface area contributed by atoms with Crippen LogP contribution in [0.15, 0.2) is 16.3 Å². The molecule has 1 fully saturated rings. The molecule has 0 aliphatic heterocycles. The molecule has 0 unspecified atom stereocenters. The van der Waals surface area contributed by atoms with Crippen molar-refractivity contribution >= 4 is 33.0 Å². The van der Waals surface area contributed by atoms with Gasteiger partial charge in [-0.25, -0.2) is 8.42 Å². The first-order valence-electron chi connectivity index (χ1n) is 5.74. The van der Waals surface area contributed by atoms with Crippen LogP contribution in [0.25, 0.3) is 0 Å². The Kier molecular flexibility index (Phi) is 4.66. The van der Waals surface area contributed by atoms with Gasteiger partial charge in [-0.3, -0.25) is 0 Å². The minimum absolute atomic E-state index is 0.133. The first-order valence-corrected chi connectivity index (χ1v) is 8.59. The summed E-state index contributed by atoms with van der Waals surface area (Å²) >= 11 is 7.17. The predicted molar refractivity (Wildman–Crippen MR) is 72.7 cm³/mol. The fourth-order valence-corrected chi connectivity index (χ4v) is 5.17. The van der Waals surface area contributed by atoms with Crippen LogP contribution >= 0.6 is 22.9 Å². The van der Waals surface area contributed by atoms with E-state index in [2.05, 4.69) is 0 Å². The molecule has 4 nitrogen and oxygen atoms in total. The standard InChI is InChI=1S/C11H16ClNO3S2/c1-16-6-5-13(9-2-3-9)18(14,15)11-4-7-17-10(11)8-12/h4,7,9H,2-3,5-6,8H2,1H3. The number of methoxy groups -OCH3 is 1. The third-order valence-corrected chi connectivity index (χ3v) is 6.39. The first-order chi connectivity index (χ1) is 8.61. The molecular weight excluding hydrogens is 294 g/mol. The maximum Gasteiger partial charge on any atom is 0.244 e. The van der Waals surface area contributed by atoms with E-state index in [1.807, 2.05) is 0 Å². The zero-order valence-electron chi connectivity index (χ0n) is 10.1. The van der Waals surface area contributed by atoms with Crippen LogP contribution in [-0.4, -0.2) is 39.0 Å². The van der Waals surface area contributed by atoms with Crippen LogP contribution in [0.4, 0.5) is 0 Å². The molecular formula is C11H16ClNO3S2. The maximum atomic E-state index is 12.6. The highest BCUT2D eigenvalue weighted by atomic mass is 35.5. The number of thiophene rings is 1. The van der Waals surface area contributed by atoms with E-state index < -0.39 is 10.0 Å². The minimum Gasteiger partial charge on any atom is -0.383 e. The molecule has 18 heavy (non-hydrogen) atoms. The van der Waals surface area contributed by atoms with Gasteiger partial charge in [0.25, 0.3) is 0 Å². The largest absolute Gasteiger partial charge is 0.383 e. The number of sulfonamides is 1. The molecule has 102 valence electrons. The van der Waals surface area contributed by atoms with E-state index in [0.29, 0.717) is 22.9 Å². The van der Waals surface area contributed by atoms with Crippen molar-refractivity contribution in [3.63, 3.8) is 0 Å². The predicted octanol–water partition coefficient (Wildman–Crippen LogP) is 2.29. The molecule has 0 radical (unpaired) electrons. The zero-order chi connectivity index (χ0) is 13.2. The summed E-state index contributed by atoms with van der Waals surface area (Å²) in [5, 5.41) is 1.77. The number of hydrogen-bond donors (Lipinski definition) is 0. The van der Waals surface area contributed by atoms with Gasteiger partial charge in [-0.2, -0.15) is 4.31 Å². The van der Waals surface area contributed by atoms with Gasteiger partial charge in [0.05, 0.1) is 17.4 Å². The van der Waals surface area contributed by atoms with Crippen LogP contribution in [0.5, 0.6) is 0 Å². The number of alkyl halides is 1. The van der Waals surface area contributed by atoms with Gasteiger partial charge >= 0.3 is 0 Å². The lowest BCUT2D eigenvalue weighted by Crippen LogP contribution is -2.36. The Labute approximate surface area is 117 Å². The fraction of sp³-hybridized carbons (Fsp3) is 0.636. The Morgan fingerprint density at radius 2 is 2.28 bits per heavy atom. The van der Waals surface area contributed by atoms with Crippen LogP contribution in [0.1, 0.15) is 17.7 Å². The van der Waals surface area contributed by atoms with Crippen molar-refractivity contribution in [1.29, 1.82) is 0 Å². The average Bonchev–Trinajstić information content (AvgIpc) is 3.05. The monoisotopic (exact) mass is 309 g/mol. The van der Waals surface area contributed by atoms with Gasteiger partial charge in [0, 0.05) is 24.6 Å². The van der Waals surface area contributed by atoms with Crippen molar-refractivity contribution in [3.8, 4) is 0 Å². The highest BCUT2D eigenvalue weighted by molar-refractivity contribution is 7.89. The Morgan fingerprint density at radius 3 is 2.83 bits per heavy atom. The van der Waals surface area contributed by atoms with Crippen LogP contribution in [0, 0.1) is 0 Å². The highest BCUT2D eigenvalue weighted by Gasteiger charge is 2.38. The van der Waals surface area contributed by atoms with Crippen molar-refractivity contribution in [2.45, 2.75) is 29.7 Å². The maximum absolute atomic E-state index is 12.6. The van der Waals surface area contributed by atoms with E-state index in [-0.39, 0.29) is 11.9 Å². The molecule has 1 aliphatic rings. The molecule has 1 aromatic rings. The topological polar surface area (TPSA) is 46.6 Å². The molecule has 0 spiro atoms. The molecule has 0 saturated heterocycles. The summed E-state index contributed by atoms with van der Waals surface area (Å²) in [6.07, 6.45) is 1.87. The lowest BCUT2D eigenvalue weighted by molar-refractivity contribution is 0.177. The van der Waals surface area contributed by atoms with Crippen LogP contribution in [0.3, 0.4) is 0 Å². The van der Waals surface area contributed by atoms with Crippen molar-refractivity contribution in [3.05, 3.63) is 16.3 Å². The van der Waals surface area contributed by atoms with Crippen molar-refractivity contribution < 1.29 is 13.2 Å². The second-order valence-electron chi connectivity index (χ2n) is 4.18. The van der Waals surface area contributed by atoms with E-state index in [1.165, 1.54) is 11.3 Å². The zero-order valence-corrected chi connectivity index (χ0v) is 12.5. The number of nitrogens with zero attached hydrogens (tertiary/aromatic N) is 1. The summed E-state index contributed by atoms with van der Waals surface area (Å²) < 4.78 is 31.7. The molecule has 7 heteroatoms. The van der Waals surface area contributed by atoms with Gasteiger partial charge < -0.3 is 4.74 Å². The SMILES string of the molecule is COCCN(C1CC1)S(=O)(=O)c1ccsc1CCl. The number of ether oxygens (including phenoxy) is 1. The van der Waals surface area contributed by atoms with Gasteiger partial charge in [0.2, 0.25) is 10.0 Å². The Bertz CT molecular complexity index is 496. The number of hydrogen-bond acceptors (Lipinski definition) is 4. The van der Waals surface area contributed by atoms with Crippen LogP contribution in [0.2, 0.25) is 0 Å². The summed E-state index contributed by atoms with van der Waals surface area (Å²) in [5.41, 5.74) is 0. The number of rotatable bonds is 7. The third-order valence-electron chi connectivity index (χ3n) is 2.88. The van der Waals surface area contributed by atoms with Crippen LogP contribution in [-0.2, 0) is 20.6 Å². The van der Waals surface area contributed by atoms with Gasteiger partial charge in [0.1, 0.15) is 0 Å². The molecule has 0 amide bonds. The molecule has 0 bridgehead atoms. The van der Waals surface area contributed by atoms with E-state index in [1.54, 1.807) is 22.9 Å². The molecule has 0 N–H and O–H groups in total. The fourth-order valence-electron chi connectivity index (χ4n) is 1.83. The second kappa shape index (κ2) is 5.88. The van der Waals surface area contributed by atoms with Gasteiger partial charge in [-0.1, -0.05) is 0 Å². The molecule has 1 aliphatic carbocycles. The molecule has 0 aromatic carbocycles. The van der Waals surface area contributed by atoms with Crippen LogP contribution < -0.4 is 0 Å². The first kappa shape index (κ1) is 14.3. The lowest BCUT2D eigenvalue weighted by atomic mass is 10.5. The lowest BCUT2D eigenvalue weighted by Gasteiger charge is -2.21. The molecule has 2 rings (SSSR count). The van der Waals surface area contributed by atoms with Crippen molar-refractivity contribution in [2.24, 2.45) is 0 Å². The average molecular weight is 310 g/mol. The Morgan fingerprint density at radius 1 is 1.56 bits per heavy atom. The van der Waals surface area contributed by atoms with Crippen molar-refractivity contribution in [1.82, 2.24) is 4.31 Å². The summed E-state index contributed by atoms with van der Waals surface area (Å²) in [5.74, 6) is 0.231. The second-order valence-corrected chi connectivity index (χ2v) is 7.31. The molecule has 1 aromatic heterocycles. The smallest absolute Gasteiger partial charge is 0.244 e. The Hall–Kier alpha value is -0.140. The minimum atomic E-state index is -3.43. The van der Waals surface area contributed by atoms with Gasteiger partial charge in [-0.05, 0) is 24.3 Å². The highest BCUT2D eigenvalue weighted by Crippen LogP contribution is 2.34. The van der Waals surface area contributed by atoms with E-state index in [9.17, 15) is 8.42 Å². The molecule has 1 saturated carbocycles. The third kappa shape index (κ3) is 2.88. The molecule has 1 heterocycles.